The van der Waals surface area contributed by atoms with E-state index in [0.717, 1.165) is 5.56 Å². The molecule has 0 spiro atoms. The summed E-state index contributed by atoms with van der Waals surface area (Å²) >= 11 is 0. The number of rotatable bonds is 4. The molecule has 5 nitrogen and oxygen atoms in total. The molecule has 2 amide bonds. The van der Waals surface area contributed by atoms with Gasteiger partial charge in [0.05, 0.1) is 6.42 Å². The van der Waals surface area contributed by atoms with Crippen molar-refractivity contribution < 1.29 is 9.59 Å². The Morgan fingerprint density at radius 1 is 1.29 bits per heavy atom. The highest BCUT2D eigenvalue weighted by Crippen LogP contribution is 2.05. The van der Waals surface area contributed by atoms with Gasteiger partial charge >= 0.3 is 0 Å². The standard InChI is InChI=1S/C12H17N3O2/c1-8(12(17)14-2)15-11(16)7-9-3-5-10(13)6-4-9/h3-6,8H,7,13H2,1-2H3,(H,14,17)(H,15,16). The first-order valence-electron chi connectivity index (χ1n) is 5.38. The predicted octanol–water partition coefficient (Wildman–Crippen LogP) is 0.0620. The Morgan fingerprint density at radius 2 is 1.88 bits per heavy atom. The van der Waals surface area contributed by atoms with Crippen LogP contribution in [0.3, 0.4) is 0 Å². The number of nitrogens with two attached hydrogens (primary N) is 1. The number of anilines is 1. The molecule has 0 saturated carbocycles. The van der Waals surface area contributed by atoms with E-state index in [1.165, 1.54) is 7.05 Å². The Kier molecular flexibility index (Phi) is 4.51. The average Bonchev–Trinajstić information content (AvgIpc) is 2.30. The fraction of sp³-hybridized carbons (Fsp3) is 0.333. The minimum Gasteiger partial charge on any atom is -0.399 e. The molecule has 0 fully saturated rings. The maximum absolute atomic E-state index is 11.6. The van der Waals surface area contributed by atoms with Gasteiger partial charge in [-0.05, 0) is 24.6 Å². The minimum atomic E-state index is -0.527. The summed E-state index contributed by atoms with van der Waals surface area (Å²) in [7, 11) is 1.53. The van der Waals surface area contributed by atoms with Gasteiger partial charge in [-0.25, -0.2) is 0 Å². The van der Waals surface area contributed by atoms with Gasteiger partial charge < -0.3 is 16.4 Å². The number of carbonyl (C=O) groups excluding carboxylic acids is 2. The highest BCUT2D eigenvalue weighted by atomic mass is 16.2. The molecule has 1 aromatic rings. The van der Waals surface area contributed by atoms with Crippen molar-refractivity contribution in [2.75, 3.05) is 12.8 Å². The topological polar surface area (TPSA) is 84.2 Å². The van der Waals surface area contributed by atoms with Gasteiger partial charge in [-0.3, -0.25) is 9.59 Å². The summed E-state index contributed by atoms with van der Waals surface area (Å²) in [6.45, 7) is 1.64. The number of benzene rings is 1. The van der Waals surface area contributed by atoms with Gasteiger partial charge in [0, 0.05) is 12.7 Å². The van der Waals surface area contributed by atoms with Crippen LogP contribution in [-0.4, -0.2) is 24.9 Å². The molecule has 5 heteroatoms. The van der Waals surface area contributed by atoms with Gasteiger partial charge in [-0.15, -0.1) is 0 Å². The number of hydrogen-bond donors (Lipinski definition) is 3. The zero-order chi connectivity index (χ0) is 12.8. The van der Waals surface area contributed by atoms with E-state index in [2.05, 4.69) is 10.6 Å². The van der Waals surface area contributed by atoms with E-state index in [9.17, 15) is 9.59 Å². The third-order valence-electron chi connectivity index (χ3n) is 2.36. The first-order valence-corrected chi connectivity index (χ1v) is 5.38. The lowest BCUT2D eigenvalue weighted by molar-refractivity contribution is -0.128. The third-order valence-corrected chi connectivity index (χ3v) is 2.36. The molecule has 0 bridgehead atoms. The number of nitrogens with one attached hydrogen (secondary N) is 2. The second kappa shape index (κ2) is 5.89. The SMILES string of the molecule is CNC(=O)C(C)NC(=O)Cc1ccc(N)cc1. The Hall–Kier alpha value is -2.04. The molecule has 92 valence electrons. The second-order valence-electron chi connectivity index (χ2n) is 3.82. The molecular weight excluding hydrogens is 218 g/mol. The van der Waals surface area contributed by atoms with Crippen LogP contribution in [0.5, 0.6) is 0 Å². The van der Waals surface area contributed by atoms with Crippen LogP contribution in [0.1, 0.15) is 12.5 Å². The van der Waals surface area contributed by atoms with Crippen LogP contribution in [0.4, 0.5) is 5.69 Å². The molecule has 0 saturated heterocycles. The third kappa shape index (κ3) is 4.14. The first kappa shape index (κ1) is 13.0. The fourth-order valence-electron chi connectivity index (χ4n) is 1.40. The van der Waals surface area contributed by atoms with E-state index in [1.807, 2.05) is 0 Å². The van der Waals surface area contributed by atoms with Crippen LogP contribution in [0.25, 0.3) is 0 Å². The summed E-state index contributed by atoms with van der Waals surface area (Å²) in [5.74, 6) is -0.401. The Morgan fingerprint density at radius 3 is 2.41 bits per heavy atom. The molecular formula is C12H17N3O2. The summed E-state index contributed by atoms with van der Waals surface area (Å²) < 4.78 is 0. The Bertz CT molecular complexity index is 401. The maximum Gasteiger partial charge on any atom is 0.242 e. The molecule has 4 N–H and O–H groups in total. The average molecular weight is 235 g/mol. The molecule has 17 heavy (non-hydrogen) atoms. The molecule has 1 aromatic carbocycles. The molecule has 0 heterocycles. The highest BCUT2D eigenvalue weighted by molar-refractivity contribution is 5.87. The first-order chi connectivity index (χ1) is 8.02. The van der Waals surface area contributed by atoms with Crippen molar-refractivity contribution in [1.82, 2.24) is 10.6 Å². The number of nitrogen functional groups attached to an aromatic ring is 1. The number of amides is 2. The lowest BCUT2D eigenvalue weighted by atomic mass is 10.1. The maximum atomic E-state index is 11.6. The summed E-state index contributed by atoms with van der Waals surface area (Å²) in [6.07, 6.45) is 0.238. The van der Waals surface area contributed by atoms with Crippen molar-refractivity contribution in [3.05, 3.63) is 29.8 Å². The Labute approximate surface area is 100 Å². The van der Waals surface area contributed by atoms with E-state index < -0.39 is 6.04 Å². The van der Waals surface area contributed by atoms with Crippen LogP contribution in [0.15, 0.2) is 24.3 Å². The monoisotopic (exact) mass is 235 g/mol. The van der Waals surface area contributed by atoms with E-state index in [1.54, 1.807) is 31.2 Å². The highest BCUT2D eigenvalue weighted by Gasteiger charge is 2.13. The van der Waals surface area contributed by atoms with Gasteiger partial charge in [0.1, 0.15) is 6.04 Å². The zero-order valence-electron chi connectivity index (χ0n) is 9.99. The smallest absolute Gasteiger partial charge is 0.242 e. The summed E-state index contributed by atoms with van der Waals surface area (Å²) in [6, 6.07) is 6.54. The van der Waals surface area contributed by atoms with Crippen molar-refractivity contribution in [3.8, 4) is 0 Å². The summed E-state index contributed by atoms with van der Waals surface area (Å²) in [4.78, 5) is 22.8. The lowest BCUT2D eigenvalue weighted by Crippen LogP contribution is -2.44. The van der Waals surface area contributed by atoms with Crippen molar-refractivity contribution in [2.45, 2.75) is 19.4 Å². The predicted molar refractivity (Wildman–Crippen MR) is 66.2 cm³/mol. The number of hydrogen-bond acceptors (Lipinski definition) is 3. The van der Waals surface area contributed by atoms with Gasteiger partial charge in [-0.2, -0.15) is 0 Å². The normalized spacial score (nSPS) is 11.6. The molecule has 0 aromatic heterocycles. The van der Waals surface area contributed by atoms with E-state index in [0.29, 0.717) is 5.69 Å². The van der Waals surface area contributed by atoms with E-state index in [-0.39, 0.29) is 18.2 Å². The van der Waals surface area contributed by atoms with E-state index in [4.69, 9.17) is 5.73 Å². The summed E-state index contributed by atoms with van der Waals surface area (Å²) in [5.41, 5.74) is 7.06. The van der Waals surface area contributed by atoms with Crippen LogP contribution >= 0.6 is 0 Å². The largest absolute Gasteiger partial charge is 0.399 e. The van der Waals surface area contributed by atoms with Crippen molar-refractivity contribution in [3.63, 3.8) is 0 Å². The Balaban J connectivity index is 2.50. The van der Waals surface area contributed by atoms with Crippen LogP contribution in [0, 0.1) is 0 Å². The van der Waals surface area contributed by atoms with Crippen LogP contribution < -0.4 is 16.4 Å². The van der Waals surface area contributed by atoms with Crippen molar-refractivity contribution in [1.29, 1.82) is 0 Å². The van der Waals surface area contributed by atoms with E-state index >= 15 is 0 Å². The minimum absolute atomic E-state index is 0.189. The molecule has 1 rings (SSSR count). The molecule has 1 unspecified atom stereocenters. The lowest BCUT2D eigenvalue weighted by Gasteiger charge is -2.12. The number of carbonyl (C=O) groups is 2. The molecule has 0 aliphatic carbocycles. The zero-order valence-corrected chi connectivity index (χ0v) is 9.99. The quantitative estimate of drug-likeness (QED) is 0.645. The van der Waals surface area contributed by atoms with Gasteiger partial charge in [-0.1, -0.05) is 12.1 Å². The number of likely N-dealkylation sites (N-methyl/N-ethyl adjacent to an activating group) is 1. The van der Waals surface area contributed by atoms with Crippen molar-refractivity contribution >= 4 is 17.5 Å². The van der Waals surface area contributed by atoms with Gasteiger partial charge in [0.25, 0.3) is 0 Å². The van der Waals surface area contributed by atoms with Crippen molar-refractivity contribution in [2.24, 2.45) is 0 Å². The second-order valence-corrected chi connectivity index (χ2v) is 3.82. The van der Waals surface area contributed by atoms with Crippen LogP contribution in [0.2, 0.25) is 0 Å². The summed E-state index contributed by atoms with van der Waals surface area (Å²) in [5, 5.41) is 5.08. The fourth-order valence-corrected chi connectivity index (χ4v) is 1.40. The van der Waals surface area contributed by atoms with Crippen LogP contribution in [-0.2, 0) is 16.0 Å². The molecule has 1 atom stereocenters. The molecule has 0 aliphatic heterocycles. The van der Waals surface area contributed by atoms with Gasteiger partial charge in [0.15, 0.2) is 0 Å². The molecule has 0 aliphatic rings. The molecule has 0 radical (unpaired) electrons. The van der Waals surface area contributed by atoms with Gasteiger partial charge in [0.2, 0.25) is 11.8 Å².